The largest absolute Gasteiger partial charge is 0.339 e. The van der Waals surface area contributed by atoms with Crippen molar-refractivity contribution in [1.82, 2.24) is 10.2 Å². The number of anilines is 3. The SMILES string of the molecule is N#Cc1ccc(Nc2ccc(NC(=O)CCc3ccccc3)nn2)cc1. The lowest BCUT2D eigenvalue weighted by Crippen LogP contribution is -2.14. The van der Waals surface area contributed by atoms with Crippen LogP contribution in [0.4, 0.5) is 17.3 Å². The van der Waals surface area contributed by atoms with Crippen molar-refractivity contribution in [3.8, 4) is 6.07 Å². The van der Waals surface area contributed by atoms with Gasteiger partial charge in [0, 0.05) is 12.1 Å². The highest BCUT2D eigenvalue weighted by Gasteiger charge is 2.05. The number of hydrogen-bond donors (Lipinski definition) is 2. The first-order chi connectivity index (χ1) is 12.7. The van der Waals surface area contributed by atoms with Crippen LogP contribution in [0.25, 0.3) is 0 Å². The number of aromatic nitrogens is 2. The van der Waals surface area contributed by atoms with Gasteiger partial charge >= 0.3 is 0 Å². The number of nitrogens with zero attached hydrogens (tertiary/aromatic N) is 3. The zero-order chi connectivity index (χ0) is 18.2. The summed E-state index contributed by atoms with van der Waals surface area (Å²) in [5.74, 6) is 0.862. The number of carbonyl (C=O) groups excluding carboxylic acids is 1. The van der Waals surface area contributed by atoms with Gasteiger partial charge < -0.3 is 10.6 Å². The van der Waals surface area contributed by atoms with Gasteiger partial charge in [-0.25, -0.2) is 0 Å². The number of amides is 1. The molecule has 0 spiro atoms. The van der Waals surface area contributed by atoms with Crippen molar-refractivity contribution < 1.29 is 4.79 Å². The van der Waals surface area contributed by atoms with Crippen molar-refractivity contribution in [2.24, 2.45) is 0 Å². The van der Waals surface area contributed by atoms with Crippen molar-refractivity contribution in [2.75, 3.05) is 10.6 Å². The molecule has 26 heavy (non-hydrogen) atoms. The van der Waals surface area contributed by atoms with E-state index in [0.717, 1.165) is 11.3 Å². The Morgan fingerprint density at radius 1 is 0.923 bits per heavy atom. The minimum atomic E-state index is -0.101. The van der Waals surface area contributed by atoms with E-state index in [0.29, 0.717) is 30.0 Å². The molecule has 6 nitrogen and oxygen atoms in total. The Hall–Kier alpha value is -3.72. The van der Waals surface area contributed by atoms with E-state index in [2.05, 4.69) is 26.9 Å². The molecule has 0 bridgehead atoms. The second kappa shape index (κ2) is 8.40. The van der Waals surface area contributed by atoms with Gasteiger partial charge in [-0.3, -0.25) is 4.79 Å². The molecule has 1 amide bonds. The molecule has 0 saturated carbocycles. The number of aryl methyl sites for hydroxylation is 1. The third-order valence-electron chi connectivity index (χ3n) is 3.70. The van der Waals surface area contributed by atoms with E-state index in [-0.39, 0.29) is 5.91 Å². The number of carbonyl (C=O) groups is 1. The lowest BCUT2D eigenvalue weighted by molar-refractivity contribution is -0.116. The van der Waals surface area contributed by atoms with E-state index in [1.165, 1.54) is 0 Å². The summed E-state index contributed by atoms with van der Waals surface area (Å²) < 4.78 is 0. The zero-order valence-corrected chi connectivity index (χ0v) is 14.0. The summed E-state index contributed by atoms with van der Waals surface area (Å²) >= 11 is 0. The van der Waals surface area contributed by atoms with Crippen LogP contribution in [0.1, 0.15) is 17.5 Å². The van der Waals surface area contributed by atoms with Gasteiger partial charge in [-0.1, -0.05) is 30.3 Å². The molecule has 1 aromatic heterocycles. The molecule has 3 aromatic rings. The van der Waals surface area contributed by atoms with Gasteiger partial charge in [0.15, 0.2) is 11.6 Å². The summed E-state index contributed by atoms with van der Waals surface area (Å²) in [7, 11) is 0. The first-order valence-corrected chi connectivity index (χ1v) is 8.17. The van der Waals surface area contributed by atoms with Gasteiger partial charge in [0.2, 0.25) is 5.91 Å². The molecule has 0 fully saturated rings. The van der Waals surface area contributed by atoms with E-state index in [9.17, 15) is 4.79 Å². The van der Waals surface area contributed by atoms with Crippen LogP contribution < -0.4 is 10.6 Å². The molecule has 3 rings (SSSR count). The van der Waals surface area contributed by atoms with Gasteiger partial charge in [-0.15, -0.1) is 10.2 Å². The molecule has 0 aliphatic carbocycles. The monoisotopic (exact) mass is 343 g/mol. The van der Waals surface area contributed by atoms with E-state index in [4.69, 9.17) is 5.26 Å². The molecule has 0 saturated heterocycles. The van der Waals surface area contributed by atoms with E-state index >= 15 is 0 Å². The molecule has 0 aliphatic heterocycles. The molecule has 0 radical (unpaired) electrons. The molecule has 1 heterocycles. The summed E-state index contributed by atoms with van der Waals surface area (Å²) in [5.41, 5.74) is 2.52. The normalized spacial score (nSPS) is 9.96. The van der Waals surface area contributed by atoms with Gasteiger partial charge in [0.1, 0.15) is 0 Å². The fourth-order valence-corrected chi connectivity index (χ4v) is 2.35. The van der Waals surface area contributed by atoms with Gasteiger partial charge in [0.25, 0.3) is 0 Å². The first kappa shape index (κ1) is 17.1. The van der Waals surface area contributed by atoms with Crippen LogP contribution in [0, 0.1) is 11.3 Å². The maximum absolute atomic E-state index is 12.0. The molecule has 2 N–H and O–H groups in total. The van der Waals surface area contributed by atoms with E-state index < -0.39 is 0 Å². The quantitative estimate of drug-likeness (QED) is 0.713. The number of nitrogens with one attached hydrogen (secondary N) is 2. The predicted molar refractivity (Wildman–Crippen MR) is 99.9 cm³/mol. The van der Waals surface area contributed by atoms with Crippen molar-refractivity contribution in [1.29, 1.82) is 5.26 Å². The number of hydrogen-bond acceptors (Lipinski definition) is 5. The van der Waals surface area contributed by atoms with Crippen LogP contribution in [0.2, 0.25) is 0 Å². The standard InChI is InChI=1S/C20H17N5O/c21-14-16-6-9-17(10-7-16)22-18-11-12-19(25-24-18)23-20(26)13-8-15-4-2-1-3-5-15/h1-7,9-12H,8,13H2,(H,22,24)(H,23,25,26). The Kier molecular flexibility index (Phi) is 5.53. The zero-order valence-electron chi connectivity index (χ0n) is 14.0. The van der Waals surface area contributed by atoms with Crippen LogP contribution in [-0.4, -0.2) is 16.1 Å². The third-order valence-corrected chi connectivity index (χ3v) is 3.70. The molecule has 0 unspecified atom stereocenters. The summed E-state index contributed by atoms with van der Waals surface area (Å²) in [6.07, 6.45) is 1.06. The van der Waals surface area contributed by atoms with Crippen LogP contribution >= 0.6 is 0 Å². The maximum Gasteiger partial charge on any atom is 0.225 e. The van der Waals surface area contributed by atoms with Crippen LogP contribution in [0.3, 0.4) is 0 Å². The van der Waals surface area contributed by atoms with Crippen molar-refractivity contribution in [3.05, 3.63) is 77.9 Å². The summed E-state index contributed by atoms with van der Waals surface area (Å²) in [4.78, 5) is 12.0. The predicted octanol–water partition coefficient (Wildman–Crippen LogP) is 3.66. The smallest absolute Gasteiger partial charge is 0.225 e. The molecule has 0 aliphatic rings. The summed E-state index contributed by atoms with van der Waals surface area (Å²) in [5, 5.41) is 22.7. The first-order valence-electron chi connectivity index (χ1n) is 8.17. The topological polar surface area (TPSA) is 90.7 Å². The molecule has 0 atom stereocenters. The second-order valence-electron chi connectivity index (χ2n) is 5.65. The number of nitriles is 1. The average Bonchev–Trinajstić information content (AvgIpc) is 2.69. The maximum atomic E-state index is 12.0. The van der Waals surface area contributed by atoms with Crippen LogP contribution in [0.15, 0.2) is 66.7 Å². The van der Waals surface area contributed by atoms with Gasteiger partial charge in [-0.2, -0.15) is 5.26 Å². The Bertz CT molecular complexity index is 900. The highest BCUT2D eigenvalue weighted by molar-refractivity contribution is 5.89. The average molecular weight is 343 g/mol. The molecule has 6 heteroatoms. The van der Waals surface area contributed by atoms with Gasteiger partial charge in [0.05, 0.1) is 11.6 Å². The third kappa shape index (κ3) is 4.89. The fraction of sp³-hybridized carbons (Fsp3) is 0.100. The highest BCUT2D eigenvalue weighted by Crippen LogP contribution is 2.15. The van der Waals surface area contributed by atoms with Crippen molar-refractivity contribution >= 4 is 23.2 Å². The minimum Gasteiger partial charge on any atom is -0.339 e. The summed E-state index contributed by atoms with van der Waals surface area (Å²) in [6, 6.07) is 22.4. The van der Waals surface area contributed by atoms with Gasteiger partial charge in [-0.05, 0) is 48.4 Å². The lowest BCUT2D eigenvalue weighted by Gasteiger charge is -2.07. The minimum absolute atomic E-state index is 0.101. The fourth-order valence-electron chi connectivity index (χ4n) is 2.35. The number of rotatable bonds is 6. The highest BCUT2D eigenvalue weighted by atomic mass is 16.1. The van der Waals surface area contributed by atoms with Crippen molar-refractivity contribution in [2.45, 2.75) is 12.8 Å². The number of benzene rings is 2. The van der Waals surface area contributed by atoms with Crippen LogP contribution in [0.5, 0.6) is 0 Å². The second-order valence-corrected chi connectivity index (χ2v) is 5.65. The molecule has 128 valence electrons. The van der Waals surface area contributed by atoms with E-state index in [1.54, 1.807) is 36.4 Å². The molecule has 2 aromatic carbocycles. The van der Waals surface area contributed by atoms with Crippen molar-refractivity contribution in [3.63, 3.8) is 0 Å². The molecular weight excluding hydrogens is 326 g/mol. The Morgan fingerprint density at radius 2 is 1.62 bits per heavy atom. The Balaban J connectivity index is 1.52. The summed E-state index contributed by atoms with van der Waals surface area (Å²) in [6.45, 7) is 0. The van der Waals surface area contributed by atoms with Crippen LogP contribution in [-0.2, 0) is 11.2 Å². The Morgan fingerprint density at radius 3 is 2.27 bits per heavy atom. The lowest BCUT2D eigenvalue weighted by atomic mass is 10.1. The van der Waals surface area contributed by atoms with E-state index in [1.807, 2.05) is 30.3 Å². The molecular formula is C20H17N5O. The Labute approximate surface area is 151 Å².